The van der Waals surface area contributed by atoms with Crippen molar-refractivity contribution in [2.45, 2.75) is 57.1 Å². The van der Waals surface area contributed by atoms with Crippen LogP contribution in [0.5, 0.6) is 0 Å². The van der Waals surface area contributed by atoms with Gasteiger partial charge in [-0.25, -0.2) is 0 Å². The maximum absolute atomic E-state index is 3.93. The first kappa shape index (κ1) is 10.2. The highest BCUT2D eigenvalue weighted by Gasteiger charge is 2.20. The number of hydrogen-bond acceptors (Lipinski definition) is 1. The molecule has 1 aliphatic rings. The summed E-state index contributed by atoms with van der Waals surface area (Å²) in [6.07, 6.45) is 9.81. The smallest absolute Gasteiger partial charge is 0.0136 e. The quantitative estimate of drug-likeness (QED) is 0.552. The normalized spacial score (nSPS) is 22.4. The molecule has 1 fully saturated rings. The summed E-state index contributed by atoms with van der Waals surface area (Å²) in [6, 6.07) is 0. The van der Waals surface area contributed by atoms with E-state index in [0.717, 1.165) is 5.25 Å². The molecular weight excluding hydrogens is 164 g/mol. The molecule has 0 amide bonds. The van der Waals surface area contributed by atoms with Crippen LogP contribution in [0.15, 0.2) is 11.5 Å². The van der Waals surface area contributed by atoms with E-state index in [0.29, 0.717) is 0 Å². The predicted octanol–water partition coefficient (Wildman–Crippen LogP) is 4.37. The van der Waals surface area contributed by atoms with Crippen molar-refractivity contribution >= 4 is 11.8 Å². The molecule has 0 radical (unpaired) electrons. The van der Waals surface area contributed by atoms with E-state index in [1.54, 1.807) is 0 Å². The SMILES string of the molecule is C=C1CC(CCCCCCC)S1. The lowest BCUT2D eigenvalue weighted by Crippen LogP contribution is -2.12. The van der Waals surface area contributed by atoms with Crippen LogP contribution in [-0.2, 0) is 0 Å². The Kier molecular flexibility index (Phi) is 4.82. The summed E-state index contributed by atoms with van der Waals surface area (Å²) in [7, 11) is 0. The molecule has 1 heterocycles. The van der Waals surface area contributed by atoms with Gasteiger partial charge in [-0.05, 0) is 17.7 Å². The van der Waals surface area contributed by atoms with Gasteiger partial charge in [0.25, 0.3) is 0 Å². The third-order valence-electron chi connectivity index (χ3n) is 2.42. The van der Waals surface area contributed by atoms with E-state index < -0.39 is 0 Å². The lowest BCUT2D eigenvalue weighted by molar-refractivity contribution is 0.592. The minimum absolute atomic E-state index is 0.930. The molecule has 0 spiro atoms. The summed E-state index contributed by atoms with van der Waals surface area (Å²) in [5, 5.41) is 0.930. The minimum atomic E-state index is 0.930. The van der Waals surface area contributed by atoms with Gasteiger partial charge in [0.15, 0.2) is 0 Å². The van der Waals surface area contributed by atoms with Crippen LogP contribution in [0, 0.1) is 0 Å². The van der Waals surface area contributed by atoms with E-state index >= 15 is 0 Å². The summed E-state index contributed by atoms with van der Waals surface area (Å²) in [4.78, 5) is 1.40. The molecule has 1 unspecified atom stereocenters. The van der Waals surface area contributed by atoms with Crippen LogP contribution in [-0.4, -0.2) is 5.25 Å². The summed E-state index contributed by atoms with van der Waals surface area (Å²) >= 11 is 2.00. The molecule has 12 heavy (non-hydrogen) atoms. The monoisotopic (exact) mass is 184 g/mol. The summed E-state index contributed by atoms with van der Waals surface area (Å²) in [6.45, 7) is 6.20. The lowest BCUT2D eigenvalue weighted by atomic mass is 10.1. The number of allylic oxidation sites excluding steroid dienone is 1. The maximum atomic E-state index is 3.93. The molecule has 0 aromatic carbocycles. The highest BCUT2D eigenvalue weighted by Crippen LogP contribution is 2.41. The largest absolute Gasteiger partial charge is 0.127 e. The van der Waals surface area contributed by atoms with E-state index in [4.69, 9.17) is 0 Å². The van der Waals surface area contributed by atoms with Crippen LogP contribution >= 0.6 is 11.8 Å². The van der Waals surface area contributed by atoms with Gasteiger partial charge in [-0.3, -0.25) is 0 Å². The van der Waals surface area contributed by atoms with Crippen molar-refractivity contribution in [1.29, 1.82) is 0 Å². The summed E-state index contributed by atoms with van der Waals surface area (Å²) < 4.78 is 0. The van der Waals surface area contributed by atoms with E-state index in [2.05, 4.69) is 13.5 Å². The zero-order chi connectivity index (χ0) is 8.81. The van der Waals surface area contributed by atoms with E-state index in [1.807, 2.05) is 11.8 Å². The van der Waals surface area contributed by atoms with Crippen molar-refractivity contribution in [1.82, 2.24) is 0 Å². The number of thioether (sulfide) groups is 1. The zero-order valence-corrected chi connectivity index (χ0v) is 8.96. The number of hydrogen-bond donors (Lipinski definition) is 0. The molecular formula is C11H20S. The Hall–Kier alpha value is 0.0900. The van der Waals surface area contributed by atoms with Gasteiger partial charge in [0, 0.05) is 5.25 Å². The van der Waals surface area contributed by atoms with Crippen LogP contribution < -0.4 is 0 Å². The van der Waals surface area contributed by atoms with Gasteiger partial charge in [-0.1, -0.05) is 45.6 Å². The molecule has 70 valence electrons. The van der Waals surface area contributed by atoms with Crippen molar-refractivity contribution in [3.05, 3.63) is 11.5 Å². The average molecular weight is 184 g/mol. The highest BCUT2D eigenvalue weighted by molar-refractivity contribution is 8.05. The van der Waals surface area contributed by atoms with Crippen molar-refractivity contribution in [2.24, 2.45) is 0 Å². The maximum Gasteiger partial charge on any atom is 0.0136 e. The zero-order valence-electron chi connectivity index (χ0n) is 8.14. The van der Waals surface area contributed by atoms with Gasteiger partial charge in [-0.2, -0.15) is 0 Å². The second-order valence-electron chi connectivity index (χ2n) is 3.69. The second-order valence-corrected chi connectivity index (χ2v) is 5.17. The molecule has 0 nitrogen and oxygen atoms in total. The summed E-state index contributed by atoms with van der Waals surface area (Å²) in [5.74, 6) is 0. The van der Waals surface area contributed by atoms with Gasteiger partial charge in [-0.15, -0.1) is 11.8 Å². The fraction of sp³-hybridized carbons (Fsp3) is 0.818. The van der Waals surface area contributed by atoms with Gasteiger partial charge < -0.3 is 0 Å². The van der Waals surface area contributed by atoms with Crippen LogP contribution in [0.25, 0.3) is 0 Å². The number of rotatable bonds is 6. The highest BCUT2D eigenvalue weighted by atomic mass is 32.2. The minimum Gasteiger partial charge on any atom is -0.127 e. The second kappa shape index (κ2) is 5.69. The van der Waals surface area contributed by atoms with Crippen molar-refractivity contribution < 1.29 is 0 Å². The Bertz CT molecular complexity index is 132. The van der Waals surface area contributed by atoms with Crippen LogP contribution in [0.1, 0.15) is 51.9 Å². The molecule has 1 rings (SSSR count). The van der Waals surface area contributed by atoms with Crippen LogP contribution in [0.3, 0.4) is 0 Å². The fourth-order valence-corrected chi connectivity index (χ4v) is 2.66. The Morgan fingerprint density at radius 1 is 1.33 bits per heavy atom. The van der Waals surface area contributed by atoms with Crippen molar-refractivity contribution in [2.75, 3.05) is 0 Å². The molecule has 0 bridgehead atoms. The summed E-state index contributed by atoms with van der Waals surface area (Å²) in [5.41, 5.74) is 0. The molecule has 1 saturated heterocycles. The average Bonchev–Trinajstić information content (AvgIpc) is 2.00. The van der Waals surface area contributed by atoms with Gasteiger partial charge in [0.1, 0.15) is 0 Å². The third-order valence-corrected chi connectivity index (χ3v) is 3.65. The first-order valence-corrected chi connectivity index (χ1v) is 6.05. The Labute approximate surface area is 80.8 Å². The Balaban J connectivity index is 1.80. The molecule has 1 heteroatoms. The standard InChI is InChI=1S/C11H20S/c1-3-4-5-6-7-8-11-9-10(2)12-11/h11H,2-9H2,1H3. The van der Waals surface area contributed by atoms with Gasteiger partial charge in [0.05, 0.1) is 0 Å². The third kappa shape index (κ3) is 3.66. The molecule has 1 aliphatic heterocycles. The van der Waals surface area contributed by atoms with E-state index in [9.17, 15) is 0 Å². The van der Waals surface area contributed by atoms with Crippen molar-refractivity contribution in [3.63, 3.8) is 0 Å². The Morgan fingerprint density at radius 3 is 2.58 bits per heavy atom. The predicted molar refractivity (Wildman–Crippen MR) is 58.5 cm³/mol. The molecule has 0 aromatic rings. The molecule has 0 N–H and O–H groups in total. The first-order valence-electron chi connectivity index (χ1n) is 5.17. The molecule has 1 atom stereocenters. The van der Waals surface area contributed by atoms with Crippen molar-refractivity contribution in [3.8, 4) is 0 Å². The van der Waals surface area contributed by atoms with Gasteiger partial charge >= 0.3 is 0 Å². The van der Waals surface area contributed by atoms with E-state index in [1.165, 1.54) is 49.9 Å². The van der Waals surface area contributed by atoms with Gasteiger partial charge in [0.2, 0.25) is 0 Å². The molecule has 0 saturated carbocycles. The fourth-order valence-electron chi connectivity index (χ4n) is 1.62. The number of unbranched alkanes of at least 4 members (excludes halogenated alkanes) is 4. The lowest BCUT2D eigenvalue weighted by Gasteiger charge is -2.27. The first-order chi connectivity index (χ1) is 5.83. The molecule has 0 aromatic heterocycles. The van der Waals surface area contributed by atoms with Crippen LogP contribution in [0.4, 0.5) is 0 Å². The topological polar surface area (TPSA) is 0 Å². The molecule has 0 aliphatic carbocycles. The Morgan fingerprint density at radius 2 is 2.00 bits per heavy atom. The van der Waals surface area contributed by atoms with E-state index in [-0.39, 0.29) is 0 Å². The van der Waals surface area contributed by atoms with Crippen LogP contribution in [0.2, 0.25) is 0 Å².